The standard InChI is InChI=1S/C20H39N5O/c1-3-21-19(22-16-18-8-7-11-24(18)4-2)23-17-20(9-14-26-15-10-20)25-12-5-6-13-25/h18H,3-17H2,1-2H3,(H2,21,22,23). The van der Waals surface area contributed by atoms with Gasteiger partial charge in [-0.15, -0.1) is 0 Å². The molecule has 26 heavy (non-hydrogen) atoms. The van der Waals surface area contributed by atoms with Crippen molar-refractivity contribution in [2.45, 2.75) is 64.0 Å². The summed E-state index contributed by atoms with van der Waals surface area (Å²) in [4.78, 5) is 10.3. The Kier molecular flexibility index (Phi) is 7.58. The van der Waals surface area contributed by atoms with Gasteiger partial charge in [-0.25, -0.2) is 0 Å². The number of likely N-dealkylation sites (N-methyl/N-ethyl adjacent to an activating group) is 1. The second-order valence-corrected chi connectivity index (χ2v) is 8.03. The molecule has 3 aliphatic rings. The fourth-order valence-corrected chi connectivity index (χ4v) is 4.84. The molecule has 0 radical (unpaired) electrons. The zero-order valence-corrected chi connectivity index (χ0v) is 16.9. The van der Waals surface area contributed by atoms with Gasteiger partial charge >= 0.3 is 0 Å². The number of ether oxygens (including phenoxy) is 1. The molecule has 0 spiro atoms. The van der Waals surface area contributed by atoms with E-state index in [1.807, 2.05) is 0 Å². The molecule has 1 atom stereocenters. The SMILES string of the molecule is CCNC(=NCC1(N2CCCC2)CCOCC1)NCC1CCCN1CC. The Hall–Kier alpha value is -0.850. The van der Waals surface area contributed by atoms with Gasteiger partial charge in [0.2, 0.25) is 0 Å². The van der Waals surface area contributed by atoms with Crippen LogP contribution in [0.4, 0.5) is 0 Å². The number of likely N-dealkylation sites (tertiary alicyclic amines) is 2. The predicted octanol–water partition coefficient (Wildman–Crippen LogP) is 1.67. The van der Waals surface area contributed by atoms with Gasteiger partial charge in [0.05, 0.1) is 6.54 Å². The molecule has 3 aliphatic heterocycles. The summed E-state index contributed by atoms with van der Waals surface area (Å²) in [6, 6.07) is 0.652. The summed E-state index contributed by atoms with van der Waals surface area (Å²) in [6.07, 6.45) is 7.52. The first-order chi connectivity index (χ1) is 12.8. The largest absolute Gasteiger partial charge is 0.381 e. The van der Waals surface area contributed by atoms with Gasteiger partial charge in [-0.1, -0.05) is 6.92 Å². The van der Waals surface area contributed by atoms with Crippen molar-refractivity contribution in [3.05, 3.63) is 0 Å². The Morgan fingerprint density at radius 3 is 2.54 bits per heavy atom. The first kappa shape index (κ1) is 19.9. The number of nitrogens with zero attached hydrogens (tertiary/aromatic N) is 3. The number of guanidine groups is 1. The monoisotopic (exact) mass is 365 g/mol. The second kappa shape index (κ2) is 9.90. The summed E-state index contributed by atoms with van der Waals surface area (Å²) in [7, 11) is 0. The zero-order valence-electron chi connectivity index (χ0n) is 16.9. The molecule has 3 heterocycles. The Morgan fingerprint density at radius 1 is 1.08 bits per heavy atom. The molecule has 6 heteroatoms. The summed E-state index contributed by atoms with van der Waals surface area (Å²) in [5.41, 5.74) is 0.208. The Bertz CT molecular complexity index is 443. The van der Waals surface area contributed by atoms with E-state index in [2.05, 4.69) is 34.3 Å². The molecular formula is C20H39N5O. The van der Waals surface area contributed by atoms with Gasteiger partial charge in [-0.2, -0.15) is 0 Å². The van der Waals surface area contributed by atoms with E-state index in [1.165, 1.54) is 45.3 Å². The molecule has 0 bridgehead atoms. The van der Waals surface area contributed by atoms with E-state index in [0.29, 0.717) is 6.04 Å². The van der Waals surface area contributed by atoms with E-state index in [0.717, 1.165) is 58.2 Å². The highest BCUT2D eigenvalue weighted by molar-refractivity contribution is 5.79. The predicted molar refractivity (Wildman–Crippen MR) is 108 cm³/mol. The maximum Gasteiger partial charge on any atom is 0.191 e. The first-order valence-corrected chi connectivity index (χ1v) is 10.9. The molecule has 150 valence electrons. The normalized spacial score (nSPS) is 27.8. The maximum atomic E-state index is 5.67. The third kappa shape index (κ3) is 4.90. The highest BCUT2D eigenvalue weighted by Crippen LogP contribution is 2.31. The lowest BCUT2D eigenvalue weighted by Crippen LogP contribution is -2.54. The van der Waals surface area contributed by atoms with Crippen molar-refractivity contribution in [1.29, 1.82) is 0 Å². The number of aliphatic imine (C=N–C) groups is 1. The molecule has 6 nitrogen and oxygen atoms in total. The van der Waals surface area contributed by atoms with Gasteiger partial charge in [0.25, 0.3) is 0 Å². The zero-order chi connectivity index (χ0) is 18.2. The van der Waals surface area contributed by atoms with Crippen molar-refractivity contribution < 1.29 is 4.74 Å². The van der Waals surface area contributed by atoms with Crippen molar-refractivity contribution in [2.24, 2.45) is 4.99 Å². The molecule has 3 rings (SSSR count). The van der Waals surface area contributed by atoms with Crippen molar-refractivity contribution >= 4 is 5.96 Å². The molecular weight excluding hydrogens is 326 g/mol. The summed E-state index contributed by atoms with van der Waals surface area (Å²) in [5.74, 6) is 0.987. The van der Waals surface area contributed by atoms with Gasteiger partial charge in [0.1, 0.15) is 0 Å². The number of rotatable bonds is 7. The van der Waals surface area contributed by atoms with Crippen molar-refractivity contribution in [3.63, 3.8) is 0 Å². The minimum atomic E-state index is 0.208. The number of hydrogen-bond acceptors (Lipinski definition) is 4. The average Bonchev–Trinajstić information content (AvgIpc) is 3.36. The lowest BCUT2D eigenvalue weighted by molar-refractivity contribution is -0.0139. The van der Waals surface area contributed by atoms with Gasteiger partial charge in [0, 0.05) is 37.9 Å². The van der Waals surface area contributed by atoms with Crippen LogP contribution in [0.25, 0.3) is 0 Å². The smallest absolute Gasteiger partial charge is 0.191 e. The van der Waals surface area contributed by atoms with Crippen LogP contribution in [0.2, 0.25) is 0 Å². The second-order valence-electron chi connectivity index (χ2n) is 8.03. The van der Waals surface area contributed by atoms with E-state index < -0.39 is 0 Å². The van der Waals surface area contributed by atoms with Crippen LogP contribution >= 0.6 is 0 Å². The third-order valence-electron chi connectivity index (χ3n) is 6.49. The van der Waals surface area contributed by atoms with E-state index in [-0.39, 0.29) is 5.54 Å². The molecule has 0 aromatic rings. The van der Waals surface area contributed by atoms with Crippen LogP contribution in [0.5, 0.6) is 0 Å². The summed E-state index contributed by atoms with van der Waals surface area (Å²) in [5, 5.41) is 7.08. The van der Waals surface area contributed by atoms with Crippen molar-refractivity contribution in [3.8, 4) is 0 Å². The number of hydrogen-bond donors (Lipinski definition) is 2. The molecule has 3 saturated heterocycles. The van der Waals surface area contributed by atoms with Crippen LogP contribution in [-0.4, -0.2) is 86.4 Å². The lowest BCUT2D eigenvalue weighted by Gasteiger charge is -2.43. The summed E-state index contributed by atoms with van der Waals surface area (Å²) >= 11 is 0. The Morgan fingerprint density at radius 2 is 1.85 bits per heavy atom. The lowest BCUT2D eigenvalue weighted by atomic mass is 9.88. The van der Waals surface area contributed by atoms with Crippen LogP contribution in [0, 0.1) is 0 Å². The van der Waals surface area contributed by atoms with Crippen LogP contribution in [0.1, 0.15) is 52.4 Å². The van der Waals surface area contributed by atoms with Crippen molar-refractivity contribution in [2.75, 3.05) is 59.0 Å². The highest BCUT2D eigenvalue weighted by atomic mass is 16.5. The molecule has 3 fully saturated rings. The van der Waals surface area contributed by atoms with E-state index >= 15 is 0 Å². The van der Waals surface area contributed by atoms with Gasteiger partial charge in [-0.05, 0) is 71.6 Å². The molecule has 0 aromatic heterocycles. The highest BCUT2D eigenvalue weighted by Gasteiger charge is 2.39. The quantitative estimate of drug-likeness (QED) is 0.531. The maximum absolute atomic E-state index is 5.67. The van der Waals surface area contributed by atoms with Crippen LogP contribution < -0.4 is 10.6 Å². The Balaban J connectivity index is 1.60. The Labute approximate surface area is 159 Å². The molecule has 2 N–H and O–H groups in total. The van der Waals surface area contributed by atoms with Gasteiger partial charge < -0.3 is 15.4 Å². The topological polar surface area (TPSA) is 52.1 Å². The van der Waals surface area contributed by atoms with Crippen molar-refractivity contribution in [1.82, 2.24) is 20.4 Å². The molecule has 0 saturated carbocycles. The van der Waals surface area contributed by atoms with Gasteiger partial charge in [0.15, 0.2) is 5.96 Å². The van der Waals surface area contributed by atoms with E-state index in [9.17, 15) is 0 Å². The fourth-order valence-electron chi connectivity index (χ4n) is 4.84. The molecule has 0 amide bonds. The fraction of sp³-hybridized carbons (Fsp3) is 0.950. The average molecular weight is 366 g/mol. The summed E-state index contributed by atoms with van der Waals surface area (Å²) < 4.78 is 5.67. The van der Waals surface area contributed by atoms with Gasteiger partial charge in [-0.3, -0.25) is 14.8 Å². The molecule has 0 aromatic carbocycles. The molecule has 1 unspecified atom stereocenters. The molecule has 0 aliphatic carbocycles. The number of nitrogens with one attached hydrogen (secondary N) is 2. The van der Waals surface area contributed by atoms with Crippen LogP contribution in [0.15, 0.2) is 4.99 Å². The minimum absolute atomic E-state index is 0.208. The van der Waals surface area contributed by atoms with Crippen LogP contribution in [0.3, 0.4) is 0 Å². The van der Waals surface area contributed by atoms with Crippen LogP contribution in [-0.2, 0) is 4.74 Å². The van der Waals surface area contributed by atoms with E-state index in [4.69, 9.17) is 9.73 Å². The third-order valence-corrected chi connectivity index (χ3v) is 6.49. The minimum Gasteiger partial charge on any atom is -0.381 e. The summed E-state index contributed by atoms with van der Waals surface area (Å²) in [6.45, 7) is 13.8. The van der Waals surface area contributed by atoms with E-state index in [1.54, 1.807) is 0 Å². The first-order valence-electron chi connectivity index (χ1n) is 10.9.